The van der Waals surface area contributed by atoms with Crippen LogP contribution in [0.15, 0.2) is 34.8 Å². The van der Waals surface area contributed by atoms with E-state index < -0.39 is 0 Å². The summed E-state index contributed by atoms with van der Waals surface area (Å²) in [4.78, 5) is 6.34. The van der Waals surface area contributed by atoms with E-state index in [-0.39, 0.29) is 0 Å². The number of thiophene rings is 1. The third kappa shape index (κ3) is 2.38. The largest absolute Gasteiger partial charge is 0.397 e. The summed E-state index contributed by atoms with van der Waals surface area (Å²) in [5, 5.41) is 13.1. The van der Waals surface area contributed by atoms with Crippen molar-refractivity contribution in [1.29, 1.82) is 0 Å². The van der Waals surface area contributed by atoms with Crippen molar-refractivity contribution < 1.29 is 0 Å². The zero-order valence-electron chi connectivity index (χ0n) is 13.0. The van der Waals surface area contributed by atoms with Gasteiger partial charge in [-0.3, -0.25) is 0 Å². The van der Waals surface area contributed by atoms with E-state index in [0.29, 0.717) is 11.5 Å². The Morgan fingerprint density at radius 2 is 1.92 bits per heavy atom. The van der Waals surface area contributed by atoms with Gasteiger partial charge in [0.2, 0.25) is 0 Å². The second-order valence-electron chi connectivity index (χ2n) is 5.50. The molecular weight excluding hydrogens is 388 g/mol. The molecule has 2 N–H and O–H groups in total. The minimum absolute atomic E-state index is 0.620. The van der Waals surface area contributed by atoms with Crippen LogP contribution in [0.4, 0.5) is 5.69 Å². The molecule has 8 heteroatoms. The van der Waals surface area contributed by atoms with Gasteiger partial charge in [0.05, 0.1) is 16.3 Å². The molecule has 120 valence electrons. The second-order valence-corrected chi connectivity index (χ2v) is 7.41. The molecule has 0 bridgehead atoms. The van der Waals surface area contributed by atoms with Crippen LogP contribution in [0.2, 0.25) is 0 Å². The molecule has 3 heterocycles. The number of benzene rings is 1. The molecule has 1 aromatic carbocycles. The van der Waals surface area contributed by atoms with E-state index in [1.165, 1.54) is 11.3 Å². The molecular formula is C16H13BrN6S. The summed E-state index contributed by atoms with van der Waals surface area (Å²) < 4.78 is 2.69. The Morgan fingerprint density at radius 1 is 1.17 bits per heavy atom. The molecule has 0 aliphatic rings. The predicted molar refractivity (Wildman–Crippen MR) is 99.4 cm³/mol. The third-order valence-corrected chi connectivity index (χ3v) is 5.39. The van der Waals surface area contributed by atoms with E-state index in [0.717, 1.165) is 36.5 Å². The Kier molecular flexibility index (Phi) is 3.58. The average molecular weight is 401 g/mol. The molecule has 4 aromatic rings. The van der Waals surface area contributed by atoms with Gasteiger partial charge in [0.25, 0.3) is 0 Å². The van der Waals surface area contributed by atoms with Crippen LogP contribution in [0.25, 0.3) is 26.6 Å². The first-order chi connectivity index (χ1) is 11.5. The Morgan fingerprint density at radius 3 is 2.67 bits per heavy atom. The zero-order valence-corrected chi connectivity index (χ0v) is 15.4. The number of nitrogens with zero attached hydrogens (tertiary/aromatic N) is 5. The summed E-state index contributed by atoms with van der Waals surface area (Å²) in [5.41, 5.74) is 10.0. The van der Waals surface area contributed by atoms with E-state index in [1.54, 1.807) is 4.68 Å². The van der Waals surface area contributed by atoms with Gasteiger partial charge in [-0.2, -0.15) is 4.68 Å². The van der Waals surface area contributed by atoms with Crippen LogP contribution in [-0.4, -0.2) is 25.2 Å². The van der Waals surface area contributed by atoms with Crippen LogP contribution in [0, 0.1) is 13.8 Å². The van der Waals surface area contributed by atoms with Gasteiger partial charge < -0.3 is 5.73 Å². The maximum absolute atomic E-state index is 6.41. The highest BCUT2D eigenvalue weighted by Crippen LogP contribution is 2.41. The monoisotopic (exact) mass is 400 g/mol. The molecule has 0 fully saturated rings. The number of rotatable bonds is 2. The number of aryl methyl sites for hydroxylation is 2. The van der Waals surface area contributed by atoms with E-state index >= 15 is 0 Å². The summed E-state index contributed by atoms with van der Waals surface area (Å²) in [6.45, 7) is 4.02. The number of nitrogens with two attached hydrogens (primary N) is 1. The molecule has 0 spiro atoms. The normalized spacial score (nSPS) is 11.3. The van der Waals surface area contributed by atoms with Crippen LogP contribution in [0.5, 0.6) is 0 Å². The molecule has 0 radical (unpaired) electrons. The van der Waals surface area contributed by atoms with Gasteiger partial charge in [0, 0.05) is 15.6 Å². The van der Waals surface area contributed by atoms with E-state index in [2.05, 4.69) is 36.4 Å². The second kappa shape index (κ2) is 5.64. The van der Waals surface area contributed by atoms with Crippen LogP contribution < -0.4 is 5.73 Å². The smallest absolute Gasteiger partial charge is 0.199 e. The summed E-state index contributed by atoms with van der Waals surface area (Å²) >= 11 is 4.95. The van der Waals surface area contributed by atoms with Gasteiger partial charge in [0.15, 0.2) is 5.82 Å². The first-order valence-electron chi connectivity index (χ1n) is 7.25. The van der Waals surface area contributed by atoms with E-state index in [4.69, 9.17) is 5.73 Å². The molecule has 0 saturated carbocycles. The van der Waals surface area contributed by atoms with Gasteiger partial charge in [-0.05, 0) is 60.2 Å². The van der Waals surface area contributed by atoms with E-state index in [9.17, 15) is 0 Å². The number of tetrazole rings is 1. The fraction of sp³-hybridized carbons (Fsp3) is 0.125. The number of aromatic nitrogens is 5. The fourth-order valence-electron chi connectivity index (χ4n) is 2.72. The molecule has 0 aliphatic carbocycles. The Balaban J connectivity index is 1.93. The maximum atomic E-state index is 6.41. The SMILES string of the molecule is Cc1cc(C)c2c(N)c(-c3nnnn3-c3ccc(Br)cc3)sc2n1. The Hall–Kier alpha value is -2.32. The predicted octanol–water partition coefficient (Wildman–Crippen LogP) is 3.90. The summed E-state index contributed by atoms with van der Waals surface area (Å²) in [5.74, 6) is 0.620. The van der Waals surface area contributed by atoms with Crippen LogP contribution >= 0.6 is 27.3 Å². The van der Waals surface area contributed by atoms with Gasteiger partial charge >= 0.3 is 0 Å². The summed E-state index contributed by atoms with van der Waals surface area (Å²) in [7, 11) is 0. The molecule has 0 unspecified atom stereocenters. The van der Waals surface area contributed by atoms with Gasteiger partial charge in [-0.25, -0.2) is 4.98 Å². The molecule has 24 heavy (non-hydrogen) atoms. The van der Waals surface area contributed by atoms with E-state index in [1.807, 2.05) is 44.2 Å². The van der Waals surface area contributed by atoms with Gasteiger partial charge in [0.1, 0.15) is 4.83 Å². The van der Waals surface area contributed by atoms with Crippen molar-refractivity contribution in [3.8, 4) is 16.4 Å². The van der Waals surface area contributed by atoms with Crippen LogP contribution in [0.3, 0.4) is 0 Å². The minimum Gasteiger partial charge on any atom is -0.397 e. The lowest BCUT2D eigenvalue weighted by Crippen LogP contribution is -2.00. The molecule has 0 aliphatic heterocycles. The number of hydrogen-bond acceptors (Lipinski definition) is 6. The Labute approximate surface area is 150 Å². The molecule has 6 nitrogen and oxygen atoms in total. The number of halogens is 1. The zero-order chi connectivity index (χ0) is 16.8. The van der Waals surface area contributed by atoms with Crippen molar-refractivity contribution in [2.24, 2.45) is 0 Å². The minimum atomic E-state index is 0.620. The third-order valence-electron chi connectivity index (χ3n) is 3.77. The Bertz CT molecular complexity index is 1050. The number of pyridine rings is 1. The van der Waals surface area contributed by atoms with Crippen molar-refractivity contribution >= 4 is 43.2 Å². The van der Waals surface area contributed by atoms with Crippen LogP contribution in [0.1, 0.15) is 11.3 Å². The first kappa shape index (κ1) is 15.2. The molecule has 3 aromatic heterocycles. The molecule has 0 amide bonds. The summed E-state index contributed by atoms with van der Waals surface area (Å²) in [6.07, 6.45) is 0. The molecule has 4 rings (SSSR count). The van der Waals surface area contributed by atoms with Gasteiger partial charge in [-0.1, -0.05) is 15.9 Å². The van der Waals surface area contributed by atoms with Crippen molar-refractivity contribution in [3.05, 3.63) is 46.1 Å². The topological polar surface area (TPSA) is 82.5 Å². The number of anilines is 1. The maximum Gasteiger partial charge on any atom is 0.199 e. The number of fused-ring (bicyclic) bond motifs is 1. The fourth-order valence-corrected chi connectivity index (χ4v) is 4.17. The van der Waals surface area contributed by atoms with Crippen molar-refractivity contribution in [2.45, 2.75) is 13.8 Å². The summed E-state index contributed by atoms with van der Waals surface area (Å²) in [6, 6.07) is 9.82. The average Bonchev–Trinajstić information content (AvgIpc) is 3.12. The highest BCUT2D eigenvalue weighted by Gasteiger charge is 2.20. The lowest BCUT2D eigenvalue weighted by molar-refractivity contribution is 0.791. The van der Waals surface area contributed by atoms with Crippen LogP contribution in [-0.2, 0) is 0 Å². The van der Waals surface area contributed by atoms with Crippen molar-refractivity contribution in [2.75, 3.05) is 5.73 Å². The lowest BCUT2D eigenvalue weighted by Gasteiger charge is -2.04. The highest BCUT2D eigenvalue weighted by atomic mass is 79.9. The quantitative estimate of drug-likeness (QED) is 0.551. The highest BCUT2D eigenvalue weighted by molar-refractivity contribution is 9.10. The first-order valence-corrected chi connectivity index (χ1v) is 8.86. The van der Waals surface area contributed by atoms with Crippen molar-refractivity contribution in [1.82, 2.24) is 25.2 Å². The number of nitrogen functional groups attached to an aromatic ring is 1. The molecule has 0 saturated heterocycles. The lowest BCUT2D eigenvalue weighted by atomic mass is 10.1. The standard InChI is InChI=1S/C16H13BrN6S/c1-8-7-9(2)19-16-12(8)13(18)14(24-16)15-20-21-22-23(15)11-5-3-10(17)4-6-11/h3-7H,18H2,1-2H3. The molecule has 0 atom stereocenters. The van der Waals surface area contributed by atoms with Gasteiger partial charge in [-0.15, -0.1) is 16.4 Å². The van der Waals surface area contributed by atoms with Crippen molar-refractivity contribution in [3.63, 3.8) is 0 Å². The number of hydrogen-bond donors (Lipinski definition) is 1.